The normalized spacial score (nSPS) is 29.6. The summed E-state index contributed by atoms with van der Waals surface area (Å²) in [6.45, 7) is 5.42. The molecule has 3 heterocycles. The highest BCUT2D eigenvalue weighted by Crippen LogP contribution is 2.32. The maximum Gasteiger partial charge on any atom is 0.144 e. The van der Waals surface area contributed by atoms with Gasteiger partial charge in [0, 0.05) is 44.5 Å². The fourth-order valence-corrected chi connectivity index (χ4v) is 3.24. The monoisotopic (exact) mass is 308 g/mol. The van der Waals surface area contributed by atoms with E-state index in [4.69, 9.17) is 14.6 Å². The molecular formula is C15H24N4O3. The van der Waals surface area contributed by atoms with Gasteiger partial charge in [-0.3, -0.25) is 9.88 Å². The number of ether oxygens (including phenoxy) is 2. The summed E-state index contributed by atoms with van der Waals surface area (Å²) in [7, 11) is 0. The predicted molar refractivity (Wildman–Crippen MR) is 81.7 cm³/mol. The van der Waals surface area contributed by atoms with Crippen LogP contribution in [0.3, 0.4) is 0 Å². The van der Waals surface area contributed by atoms with Crippen LogP contribution in [0.2, 0.25) is 0 Å². The van der Waals surface area contributed by atoms with Crippen molar-refractivity contribution < 1.29 is 14.6 Å². The Kier molecular flexibility index (Phi) is 5.20. The maximum atomic E-state index is 9.16. The number of aliphatic hydroxyl groups excluding tert-OH is 1. The van der Waals surface area contributed by atoms with Gasteiger partial charge >= 0.3 is 0 Å². The molecule has 0 amide bonds. The average molecular weight is 308 g/mol. The van der Waals surface area contributed by atoms with Gasteiger partial charge in [-0.1, -0.05) is 0 Å². The second-order valence-electron chi connectivity index (χ2n) is 6.09. The van der Waals surface area contributed by atoms with Gasteiger partial charge in [0.2, 0.25) is 0 Å². The van der Waals surface area contributed by atoms with Crippen LogP contribution >= 0.6 is 0 Å². The summed E-state index contributed by atoms with van der Waals surface area (Å²) in [5, 5.41) is 12.5. The van der Waals surface area contributed by atoms with Gasteiger partial charge in [-0.2, -0.15) is 0 Å². The lowest BCUT2D eigenvalue weighted by atomic mass is 9.94. The largest absolute Gasteiger partial charge is 0.395 e. The van der Waals surface area contributed by atoms with E-state index in [1.54, 1.807) is 18.6 Å². The number of aliphatic hydroxyl groups is 1. The molecule has 0 aliphatic carbocycles. The van der Waals surface area contributed by atoms with Crippen LogP contribution in [0.4, 0.5) is 5.82 Å². The van der Waals surface area contributed by atoms with E-state index in [2.05, 4.69) is 20.2 Å². The van der Waals surface area contributed by atoms with Crippen molar-refractivity contribution in [2.45, 2.75) is 12.0 Å². The van der Waals surface area contributed by atoms with Crippen LogP contribution in [0.15, 0.2) is 18.6 Å². The molecule has 2 aliphatic heterocycles. The Hall–Kier alpha value is -1.28. The van der Waals surface area contributed by atoms with Crippen molar-refractivity contribution in [1.29, 1.82) is 0 Å². The van der Waals surface area contributed by atoms with Crippen molar-refractivity contribution in [3.8, 4) is 0 Å². The minimum atomic E-state index is -0.236. The number of rotatable bonds is 5. The van der Waals surface area contributed by atoms with Crippen LogP contribution < -0.4 is 5.32 Å². The van der Waals surface area contributed by atoms with Crippen molar-refractivity contribution in [1.82, 2.24) is 14.9 Å². The van der Waals surface area contributed by atoms with Crippen molar-refractivity contribution >= 4 is 5.82 Å². The van der Waals surface area contributed by atoms with Crippen molar-refractivity contribution in [2.24, 2.45) is 5.92 Å². The highest BCUT2D eigenvalue weighted by molar-refractivity contribution is 5.29. The molecule has 0 radical (unpaired) electrons. The first-order valence-corrected chi connectivity index (χ1v) is 7.84. The van der Waals surface area contributed by atoms with E-state index in [0.717, 1.165) is 38.5 Å². The minimum Gasteiger partial charge on any atom is -0.395 e. The summed E-state index contributed by atoms with van der Waals surface area (Å²) in [5.41, 5.74) is -0.236. The van der Waals surface area contributed by atoms with Crippen molar-refractivity contribution in [3.05, 3.63) is 18.6 Å². The predicted octanol–water partition coefficient (Wildman–Crippen LogP) is -0.0117. The lowest BCUT2D eigenvalue weighted by Gasteiger charge is -2.30. The highest BCUT2D eigenvalue weighted by atomic mass is 16.5. The van der Waals surface area contributed by atoms with Crippen molar-refractivity contribution in [2.75, 3.05) is 57.9 Å². The van der Waals surface area contributed by atoms with Gasteiger partial charge in [0.15, 0.2) is 0 Å². The Bertz CT molecular complexity index is 461. The molecule has 0 saturated carbocycles. The van der Waals surface area contributed by atoms with Gasteiger partial charge in [0.25, 0.3) is 0 Å². The summed E-state index contributed by atoms with van der Waals surface area (Å²) < 4.78 is 11.8. The summed E-state index contributed by atoms with van der Waals surface area (Å²) in [6, 6.07) is 0. The Morgan fingerprint density at radius 3 is 3.23 bits per heavy atom. The maximum absolute atomic E-state index is 9.16. The molecule has 22 heavy (non-hydrogen) atoms. The fourth-order valence-electron chi connectivity index (χ4n) is 3.24. The van der Waals surface area contributed by atoms with Crippen LogP contribution in [0, 0.1) is 5.92 Å². The van der Waals surface area contributed by atoms with Gasteiger partial charge in [0.1, 0.15) is 11.4 Å². The topological polar surface area (TPSA) is 79.7 Å². The molecule has 1 aromatic heterocycles. The zero-order valence-electron chi connectivity index (χ0n) is 12.8. The molecule has 0 aromatic carbocycles. The molecule has 7 heteroatoms. The number of nitrogens with zero attached hydrogens (tertiary/aromatic N) is 3. The van der Waals surface area contributed by atoms with E-state index in [1.807, 2.05) is 0 Å². The first kappa shape index (κ1) is 15.6. The van der Waals surface area contributed by atoms with Crippen LogP contribution in [0.1, 0.15) is 6.42 Å². The van der Waals surface area contributed by atoms with Crippen LogP contribution in [-0.4, -0.2) is 78.2 Å². The van der Waals surface area contributed by atoms with E-state index in [9.17, 15) is 0 Å². The fraction of sp³-hybridized carbons (Fsp3) is 0.733. The molecule has 3 rings (SSSR count). The third-order valence-corrected chi connectivity index (χ3v) is 4.27. The first-order chi connectivity index (χ1) is 10.8. The molecule has 0 unspecified atom stereocenters. The van der Waals surface area contributed by atoms with E-state index < -0.39 is 0 Å². The van der Waals surface area contributed by atoms with E-state index in [-0.39, 0.29) is 12.2 Å². The molecule has 7 nitrogen and oxygen atoms in total. The molecule has 2 N–H and O–H groups in total. The van der Waals surface area contributed by atoms with E-state index in [0.29, 0.717) is 25.7 Å². The molecule has 0 bridgehead atoms. The number of anilines is 1. The Morgan fingerprint density at radius 1 is 1.45 bits per heavy atom. The van der Waals surface area contributed by atoms with Gasteiger partial charge < -0.3 is 19.9 Å². The molecule has 2 fully saturated rings. The molecule has 1 aromatic rings. The van der Waals surface area contributed by atoms with Crippen LogP contribution in [-0.2, 0) is 9.47 Å². The Balaban J connectivity index is 1.53. The Morgan fingerprint density at radius 2 is 2.41 bits per heavy atom. The molecule has 122 valence electrons. The van der Waals surface area contributed by atoms with Gasteiger partial charge in [-0.05, 0) is 6.42 Å². The van der Waals surface area contributed by atoms with Crippen LogP contribution in [0.25, 0.3) is 0 Å². The lowest BCUT2D eigenvalue weighted by Crippen LogP contribution is -2.45. The zero-order chi connectivity index (χ0) is 15.3. The number of hydrogen-bond acceptors (Lipinski definition) is 7. The summed E-state index contributed by atoms with van der Waals surface area (Å²) in [5.74, 6) is 1.22. The second kappa shape index (κ2) is 7.32. The summed E-state index contributed by atoms with van der Waals surface area (Å²) in [4.78, 5) is 10.5. The van der Waals surface area contributed by atoms with Crippen LogP contribution in [0.5, 0.6) is 0 Å². The first-order valence-electron chi connectivity index (χ1n) is 7.84. The van der Waals surface area contributed by atoms with E-state index >= 15 is 0 Å². The third kappa shape index (κ3) is 3.92. The standard InChI is InChI=1S/C15H24N4O3/c20-5-3-19-4-6-21-12-15(11-19)7-13(10-22-15)8-18-14-9-16-1-2-17-14/h1-2,9,13,20H,3-8,10-12H2,(H,17,18)/t13-,15-/m0/s1. The summed E-state index contributed by atoms with van der Waals surface area (Å²) in [6.07, 6.45) is 6.03. The van der Waals surface area contributed by atoms with Gasteiger partial charge in [-0.25, -0.2) is 4.98 Å². The number of β-amino-alcohol motifs (C(OH)–C–C–N with tert-alkyl or cyclic N) is 1. The molecule has 2 atom stereocenters. The summed E-state index contributed by atoms with van der Waals surface area (Å²) >= 11 is 0. The van der Waals surface area contributed by atoms with Crippen molar-refractivity contribution in [3.63, 3.8) is 0 Å². The molecular weight excluding hydrogens is 284 g/mol. The van der Waals surface area contributed by atoms with Gasteiger partial charge in [0.05, 0.1) is 32.6 Å². The minimum absolute atomic E-state index is 0.174. The average Bonchev–Trinajstić information content (AvgIpc) is 2.82. The molecule has 1 spiro atoms. The quantitative estimate of drug-likeness (QED) is 0.792. The zero-order valence-corrected chi connectivity index (χ0v) is 12.8. The lowest BCUT2D eigenvalue weighted by molar-refractivity contribution is -0.0563. The SMILES string of the molecule is OCCN1CCOC[C@]2(C[C@@H](CNc3cnccn3)CO2)C1. The number of nitrogens with one attached hydrogen (secondary N) is 1. The Labute approximate surface area is 130 Å². The third-order valence-electron chi connectivity index (χ3n) is 4.27. The second-order valence-corrected chi connectivity index (χ2v) is 6.09. The number of hydrogen-bond donors (Lipinski definition) is 2. The van der Waals surface area contributed by atoms with E-state index in [1.165, 1.54) is 0 Å². The van der Waals surface area contributed by atoms with Gasteiger partial charge in [-0.15, -0.1) is 0 Å². The molecule has 2 aliphatic rings. The smallest absolute Gasteiger partial charge is 0.144 e. The molecule has 2 saturated heterocycles. The number of aromatic nitrogens is 2. The highest BCUT2D eigenvalue weighted by Gasteiger charge is 2.43.